The Morgan fingerprint density at radius 3 is 1.41 bits per heavy atom. The first-order chi connectivity index (χ1) is 35.6. The van der Waals surface area contributed by atoms with Crippen LogP contribution in [0.4, 0.5) is 0 Å². The zero-order valence-electron chi connectivity index (χ0n) is 45.1. The van der Waals surface area contributed by atoms with Crippen molar-refractivity contribution in [3.8, 4) is 0 Å². The molecule has 11 unspecified atom stereocenters. The summed E-state index contributed by atoms with van der Waals surface area (Å²) < 4.78 is 34.3. The van der Waals surface area contributed by atoms with Crippen molar-refractivity contribution in [2.24, 2.45) is 0 Å². The fourth-order valence-electron chi connectivity index (χ4n) is 8.60. The van der Waals surface area contributed by atoms with Crippen molar-refractivity contribution in [2.45, 2.75) is 261 Å². The second-order valence-electron chi connectivity index (χ2n) is 19.7. The van der Waals surface area contributed by atoms with Crippen LogP contribution in [0.25, 0.3) is 0 Å². The van der Waals surface area contributed by atoms with Crippen LogP contribution >= 0.6 is 0 Å². The van der Waals surface area contributed by atoms with Gasteiger partial charge in [0.2, 0.25) is 0 Å². The first-order valence-corrected chi connectivity index (χ1v) is 28.5. The van der Waals surface area contributed by atoms with E-state index >= 15 is 0 Å². The summed E-state index contributed by atoms with van der Waals surface area (Å²) in [6.45, 7) is 3.46. The zero-order valence-corrected chi connectivity index (χ0v) is 45.1. The van der Waals surface area contributed by atoms with Crippen LogP contribution < -0.4 is 0 Å². The quantitative estimate of drug-likeness (QED) is 0.0172. The molecular formula is C59H102O14. The van der Waals surface area contributed by atoms with E-state index < -0.39 is 86.7 Å². The number of carbonyl (C=O) groups is 1. The second-order valence-corrected chi connectivity index (χ2v) is 19.7. The molecule has 0 aromatic rings. The van der Waals surface area contributed by atoms with Gasteiger partial charge in [-0.3, -0.25) is 4.79 Å². The Hall–Kier alpha value is -2.57. The number of hydrogen-bond donors (Lipinski definition) is 7. The molecule has 73 heavy (non-hydrogen) atoms. The van der Waals surface area contributed by atoms with E-state index in [2.05, 4.69) is 86.8 Å². The van der Waals surface area contributed by atoms with E-state index in [1.165, 1.54) is 96.3 Å². The minimum atomic E-state index is -1.72. The number of rotatable bonds is 45. The summed E-state index contributed by atoms with van der Waals surface area (Å²) in [5, 5.41) is 72.3. The Morgan fingerprint density at radius 2 is 0.890 bits per heavy atom. The van der Waals surface area contributed by atoms with Crippen LogP contribution in [0.5, 0.6) is 0 Å². The fourth-order valence-corrected chi connectivity index (χ4v) is 8.60. The molecule has 0 amide bonds. The van der Waals surface area contributed by atoms with E-state index in [-0.39, 0.29) is 19.6 Å². The number of esters is 1. The molecular weight excluding hydrogens is 933 g/mol. The van der Waals surface area contributed by atoms with Crippen LogP contribution in [0.2, 0.25) is 0 Å². The molecule has 2 saturated heterocycles. The predicted octanol–water partition coefficient (Wildman–Crippen LogP) is 9.86. The van der Waals surface area contributed by atoms with Crippen LogP contribution in [-0.2, 0) is 33.2 Å². The summed E-state index contributed by atoms with van der Waals surface area (Å²) >= 11 is 0. The van der Waals surface area contributed by atoms with Crippen molar-refractivity contribution < 1.29 is 69.0 Å². The highest BCUT2D eigenvalue weighted by Crippen LogP contribution is 2.26. The number of aliphatic hydroxyl groups excluding tert-OH is 7. The van der Waals surface area contributed by atoms with Gasteiger partial charge < -0.3 is 64.2 Å². The highest BCUT2D eigenvalue weighted by Gasteiger charge is 2.47. The highest BCUT2D eigenvalue weighted by atomic mass is 16.7. The first-order valence-electron chi connectivity index (χ1n) is 28.5. The Kier molecular flexibility index (Phi) is 41.6. The third kappa shape index (κ3) is 32.6. The van der Waals surface area contributed by atoms with Gasteiger partial charge in [-0.1, -0.05) is 177 Å². The number of unbranched alkanes of at least 4 members (excludes halogenated alkanes) is 19. The summed E-state index contributed by atoms with van der Waals surface area (Å²) in [4.78, 5) is 13.1. The van der Waals surface area contributed by atoms with E-state index in [1.54, 1.807) is 0 Å². The van der Waals surface area contributed by atoms with Gasteiger partial charge in [0.15, 0.2) is 12.6 Å². The van der Waals surface area contributed by atoms with Gasteiger partial charge in [-0.2, -0.15) is 0 Å². The summed E-state index contributed by atoms with van der Waals surface area (Å²) in [6, 6.07) is 0. The molecule has 0 aliphatic carbocycles. The summed E-state index contributed by atoms with van der Waals surface area (Å²) in [5.41, 5.74) is 0. The lowest BCUT2D eigenvalue weighted by Crippen LogP contribution is -2.61. The maximum Gasteiger partial charge on any atom is 0.306 e. The van der Waals surface area contributed by atoms with Crippen LogP contribution in [0, 0.1) is 0 Å². The Morgan fingerprint density at radius 1 is 0.466 bits per heavy atom. The highest BCUT2D eigenvalue weighted by molar-refractivity contribution is 5.69. The van der Waals surface area contributed by atoms with Crippen molar-refractivity contribution in [1.29, 1.82) is 0 Å². The Bertz CT molecular complexity index is 1480. The molecule has 2 rings (SSSR count). The molecule has 2 fully saturated rings. The van der Waals surface area contributed by atoms with E-state index in [1.807, 2.05) is 0 Å². The molecule has 2 heterocycles. The molecule has 0 spiro atoms. The fraction of sp³-hybridized carbons (Fsp3) is 0.780. The minimum absolute atomic E-state index is 0.0284. The largest absolute Gasteiger partial charge is 0.457 e. The third-order valence-corrected chi connectivity index (χ3v) is 13.2. The molecule has 2 aliphatic rings. The Labute approximate surface area is 440 Å². The van der Waals surface area contributed by atoms with Gasteiger partial charge in [0.1, 0.15) is 54.9 Å². The van der Waals surface area contributed by atoms with E-state index in [9.17, 15) is 40.5 Å². The number of aliphatic hydroxyl groups is 7. The van der Waals surface area contributed by atoms with Gasteiger partial charge in [-0.05, 0) is 83.5 Å². The van der Waals surface area contributed by atoms with E-state index in [0.717, 1.165) is 70.6 Å². The number of allylic oxidation sites excluding steroid dienone is 12. The van der Waals surface area contributed by atoms with Gasteiger partial charge in [0.05, 0.1) is 26.4 Å². The van der Waals surface area contributed by atoms with Gasteiger partial charge in [-0.15, -0.1) is 0 Å². The lowest BCUT2D eigenvalue weighted by atomic mass is 9.98. The van der Waals surface area contributed by atoms with Gasteiger partial charge in [-0.25, -0.2) is 0 Å². The van der Waals surface area contributed by atoms with Gasteiger partial charge in [0.25, 0.3) is 0 Å². The molecule has 7 N–H and O–H groups in total. The second kappa shape index (κ2) is 45.6. The van der Waals surface area contributed by atoms with Crippen molar-refractivity contribution in [3.63, 3.8) is 0 Å². The van der Waals surface area contributed by atoms with Crippen LogP contribution in [0.15, 0.2) is 72.9 Å². The SMILES string of the molecule is CC/C=C\C/C=C\C/C=C\C/C=C\C/C=C\CCCCOCC(COC1OC(COC2OC(CO)C(O)C(O)C2O)C(O)C(O)C1O)OC(=O)CCCCCCCCCCC/C=C\CCCCCCCCCC. The van der Waals surface area contributed by atoms with Crippen molar-refractivity contribution in [3.05, 3.63) is 72.9 Å². The molecule has 0 saturated carbocycles. The summed E-state index contributed by atoms with van der Waals surface area (Å²) in [5.74, 6) is -0.395. The average molecular weight is 1040 g/mol. The molecule has 2 aliphatic heterocycles. The number of hydrogen-bond acceptors (Lipinski definition) is 14. The summed E-state index contributed by atoms with van der Waals surface area (Å²) in [7, 11) is 0. The van der Waals surface area contributed by atoms with Crippen molar-refractivity contribution in [2.75, 3.05) is 33.0 Å². The Balaban J connectivity index is 1.75. The predicted molar refractivity (Wildman–Crippen MR) is 289 cm³/mol. The number of carbonyl (C=O) groups excluding carboxylic acids is 1. The van der Waals surface area contributed by atoms with Crippen molar-refractivity contribution >= 4 is 5.97 Å². The van der Waals surface area contributed by atoms with E-state index in [0.29, 0.717) is 13.0 Å². The molecule has 422 valence electrons. The van der Waals surface area contributed by atoms with E-state index in [4.69, 9.17) is 28.4 Å². The average Bonchev–Trinajstić information content (AvgIpc) is 3.39. The first kappa shape index (κ1) is 66.5. The number of ether oxygens (including phenoxy) is 6. The smallest absolute Gasteiger partial charge is 0.306 e. The summed E-state index contributed by atoms with van der Waals surface area (Å²) in [6.07, 6.45) is 41.1. The van der Waals surface area contributed by atoms with Crippen LogP contribution in [-0.4, -0.2) is 142 Å². The molecule has 14 nitrogen and oxygen atoms in total. The van der Waals surface area contributed by atoms with Crippen LogP contribution in [0.3, 0.4) is 0 Å². The topological polar surface area (TPSA) is 214 Å². The third-order valence-electron chi connectivity index (χ3n) is 13.2. The molecule has 0 radical (unpaired) electrons. The maximum atomic E-state index is 13.1. The molecule has 0 aromatic heterocycles. The lowest BCUT2D eigenvalue weighted by Gasteiger charge is -2.42. The van der Waals surface area contributed by atoms with Crippen molar-refractivity contribution in [1.82, 2.24) is 0 Å². The monoisotopic (exact) mass is 1030 g/mol. The normalized spacial score (nSPS) is 25.5. The van der Waals surface area contributed by atoms with Gasteiger partial charge in [0, 0.05) is 13.0 Å². The maximum absolute atomic E-state index is 13.1. The molecule has 14 heteroatoms. The molecule has 0 bridgehead atoms. The molecule has 11 atom stereocenters. The minimum Gasteiger partial charge on any atom is -0.457 e. The van der Waals surface area contributed by atoms with Gasteiger partial charge >= 0.3 is 5.97 Å². The zero-order chi connectivity index (χ0) is 53.0. The standard InChI is InChI=1S/C59H102O14/c1-3-5-7-9-11-13-15-17-19-21-23-24-25-26-28-30-32-34-36-38-40-42-51(61)71-48(45-68-43-41-39-37-35-33-31-29-27-22-20-18-16-14-12-10-8-6-4-2)46-69-58-57(67)55(65)53(63)50(73-58)47-70-59-56(66)54(64)52(62)49(44-60)72-59/h6,8,12,14,18,20-21,23,27,29,33,35,48-50,52-60,62-67H,3-5,7,9-11,13,15-17,19,22,24-26,28,30-32,34,36-47H2,1-2H3/b8-6-,14-12-,20-18-,23-21-,29-27-,35-33-. The van der Waals surface area contributed by atoms with Crippen LogP contribution in [0.1, 0.15) is 194 Å². The molecule has 0 aromatic carbocycles. The lowest BCUT2D eigenvalue weighted by molar-refractivity contribution is -0.332.